The molecule has 0 atom stereocenters. The molecule has 0 aliphatic heterocycles. The predicted molar refractivity (Wildman–Crippen MR) is 92.3 cm³/mol. The Bertz CT molecular complexity index is 765. The summed E-state index contributed by atoms with van der Waals surface area (Å²) < 4.78 is 5.88. The molecule has 3 rings (SSSR count). The van der Waals surface area contributed by atoms with Crippen LogP contribution < -0.4 is 10.5 Å². The second kappa shape index (κ2) is 7.11. The Hall–Kier alpha value is -2.59. The van der Waals surface area contributed by atoms with Crippen LogP contribution in [-0.4, -0.2) is 16.8 Å². The molecule has 0 radical (unpaired) electrons. The molecule has 4 heteroatoms. The molecule has 0 bridgehead atoms. The van der Waals surface area contributed by atoms with Gasteiger partial charge in [0.15, 0.2) is 0 Å². The summed E-state index contributed by atoms with van der Waals surface area (Å²) >= 11 is 0. The lowest BCUT2D eigenvalue weighted by atomic mass is 10.1. The monoisotopic (exact) mass is 307 g/mol. The normalized spacial score (nSPS) is 10.7. The van der Waals surface area contributed by atoms with Crippen molar-refractivity contribution < 1.29 is 4.74 Å². The molecule has 0 aliphatic rings. The molecule has 4 nitrogen and oxygen atoms in total. The number of hydrogen-bond acceptors (Lipinski definition) is 3. The Morgan fingerprint density at radius 2 is 1.91 bits per heavy atom. The summed E-state index contributed by atoms with van der Waals surface area (Å²) in [6.07, 6.45) is 0.890. The van der Waals surface area contributed by atoms with E-state index in [2.05, 4.69) is 22.3 Å². The van der Waals surface area contributed by atoms with Crippen molar-refractivity contribution in [3.63, 3.8) is 0 Å². The van der Waals surface area contributed by atoms with E-state index in [4.69, 9.17) is 10.5 Å². The first-order valence-corrected chi connectivity index (χ1v) is 7.79. The van der Waals surface area contributed by atoms with Gasteiger partial charge in [-0.05, 0) is 24.6 Å². The Labute approximate surface area is 136 Å². The highest BCUT2D eigenvalue weighted by molar-refractivity contribution is 5.65. The van der Waals surface area contributed by atoms with E-state index in [0.717, 1.165) is 34.7 Å². The second-order valence-corrected chi connectivity index (χ2v) is 5.49. The molecule has 3 N–H and O–H groups in total. The summed E-state index contributed by atoms with van der Waals surface area (Å²) in [6.45, 7) is 3.10. The highest BCUT2D eigenvalue weighted by Crippen LogP contribution is 2.26. The molecule has 0 fully saturated rings. The number of nitrogens with two attached hydrogens (primary N) is 1. The van der Waals surface area contributed by atoms with Crippen LogP contribution in [0.3, 0.4) is 0 Å². The van der Waals surface area contributed by atoms with Gasteiger partial charge >= 0.3 is 0 Å². The van der Waals surface area contributed by atoms with Crippen LogP contribution >= 0.6 is 0 Å². The lowest BCUT2D eigenvalue weighted by Gasteiger charge is -2.08. The van der Waals surface area contributed by atoms with Crippen LogP contribution in [0, 0.1) is 6.92 Å². The van der Waals surface area contributed by atoms with Crippen molar-refractivity contribution in [2.75, 3.05) is 6.61 Å². The molecular formula is C19H21N3O. The molecule has 0 aliphatic carbocycles. The molecule has 0 amide bonds. The predicted octanol–water partition coefficient (Wildman–Crippen LogP) is 3.47. The van der Waals surface area contributed by atoms with Gasteiger partial charge in [0.1, 0.15) is 5.75 Å². The zero-order valence-electron chi connectivity index (χ0n) is 13.3. The van der Waals surface area contributed by atoms with Gasteiger partial charge in [-0.1, -0.05) is 42.5 Å². The quantitative estimate of drug-likeness (QED) is 0.733. The molecule has 1 aromatic heterocycles. The number of aromatic nitrogens is 2. The van der Waals surface area contributed by atoms with Crippen molar-refractivity contribution in [2.45, 2.75) is 19.9 Å². The molecule has 0 unspecified atom stereocenters. The van der Waals surface area contributed by atoms with Gasteiger partial charge in [0.05, 0.1) is 12.3 Å². The summed E-state index contributed by atoms with van der Waals surface area (Å²) in [5.74, 6) is 0.849. The molecule has 3 aromatic rings. The number of nitrogens with zero attached hydrogens (tertiary/aromatic N) is 1. The minimum Gasteiger partial charge on any atom is -0.493 e. The van der Waals surface area contributed by atoms with E-state index in [9.17, 15) is 0 Å². The zero-order valence-corrected chi connectivity index (χ0v) is 13.3. The molecule has 0 saturated heterocycles. The number of nitrogens with one attached hydrogen (secondary N) is 1. The van der Waals surface area contributed by atoms with E-state index >= 15 is 0 Å². The van der Waals surface area contributed by atoms with Crippen LogP contribution in [0.25, 0.3) is 11.3 Å². The molecule has 118 valence electrons. The van der Waals surface area contributed by atoms with Crippen LogP contribution in [0.5, 0.6) is 5.75 Å². The van der Waals surface area contributed by atoms with Gasteiger partial charge in [0.25, 0.3) is 0 Å². The molecule has 2 aromatic carbocycles. The number of H-pyrrole nitrogens is 1. The van der Waals surface area contributed by atoms with E-state index in [-0.39, 0.29) is 0 Å². The molecule has 0 saturated carbocycles. The standard InChI is InChI=1S/C19H21N3O/c1-14-18(13-20)19(22-21-14)16-8-5-9-17(12-16)23-11-10-15-6-3-2-4-7-15/h2-9,12H,10-11,13,20H2,1H3,(H,21,22). The van der Waals surface area contributed by atoms with E-state index in [1.54, 1.807) is 0 Å². The van der Waals surface area contributed by atoms with Crippen LogP contribution in [0.1, 0.15) is 16.8 Å². The zero-order chi connectivity index (χ0) is 16.1. The van der Waals surface area contributed by atoms with Gasteiger partial charge in [0, 0.05) is 29.8 Å². The third-order valence-corrected chi connectivity index (χ3v) is 3.89. The maximum atomic E-state index is 5.88. The fraction of sp³-hybridized carbons (Fsp3) is 0.211. The fourth-order valence-corrected chi connectivity index (χ4v) is 2.61. The number of benzene rings is 2. The van der Waals surface area contributed by atoms with E-state index in [1.807, 2.05) is 49.4 Å². The van der Waals surface area contributed by atoms with E-state index in [1.165, 1.54) is 5.56 Å². The van der Waals surface area contributed by atoms with E-state index < -0.39 is 0 Å². The number of rotatable bonds is 6. The molecule has 1 heterocycles. The third kappa shape index (κ3) is 3.60. The van der Waals surface area contributed by atoms with Crippen LogP contribution in [-0.2, 0) is 13.0 Å². The first kappa shape index (κ1) is 15.3. The van der Waals surface area contributed by atoms with Crippen LogP contribution in [0.2, 0.25) is 0 Å². The number of aromatic amines is 1. The van der Waals surface area contributed by atoms with Crippen molar-refractivity contribution in [1.82, 2.24) is 10.2 Å². The highest BCUT2D eigenvalue weighted by Gasteiger charge is 2.11. The SMILES string of the molecule is Cc1[nH]nc(-c2cccc(OCCc3ccccc3)c2)c1CN. The van der Waals surface area contributed by atoms with Gasteiger partial charge in [-0.15, -0.1) is 0 Å². The first-order valence-electron chi connectivity index (χ1n) is 7.79. The van der Waals surface area contributed by atoms with Crippen LogP contribution in [0.15, 0.2) is 54.6 Å². The minimum absolute atomic E-state index is 0.469. The highest BCUT2D eigenvalue weighted by atomic mass is 16.5. The van der Waals surface area contributed by atoms with Gasteiger partial charge in [-0.2, -0.15) is 5.10 Å². The fourth-order valence-electron chi connectivity index (χ4n) is 2.61. The van der Waals surface area contributed by atoms with Gasteiger partial charge in [-0.3, -0.25) is 5.10 Å². The smallest absolute Gasteiger partial charge is 0.119 e. The van der Waals surface area contributed by atoms with Crippen molar-refractivity contribution in [1.29, 1.82) is 0 Å². The number of hydrogen-bond donors (Lipinski definition) is 2. The maximum Gasteiger partial charge on any atom is 0.119 e. The minimum atomic E-state index is 0.469. The lowest BCUT2D eigenvalue weighted by Crippen LogP contribution is -2.02. The average molecular weight is 307 g/mol. The van der Waals surface area contributed by atoms with Gasteiger partial charge < -0.3 is 10.5 Å². The second-order valence-electron chi connectivity index (χ2n) is 5.49. The van der Waals surface area contributed by atoms with Gasteiger partial charge in [0.2, 0.25) is 0 Å². The Kier molecular flexibility index (Phi) is 4.74. The molecular weight excluding hydrogens is 286 g/mol. The van der Waals surface area contributed by atoms with Crippen LogP contribution in [0.4, 0.5) is 0 Å². The summed E-state index contributed by atoms with van der Waals surface area (Å²) in [4.78, 5) is 0. The summed E-state index contributed by atoms with van der Waals surface area (Å²) in [5.41, 5.74) is 11.1. The Balaban J connectivity index is 1.70. The number of ether oxygens (including phenoxy) is 1. The first-order chi connectivity index (χ1) is 11.3. The third-order valence-electron chi connectivity index (χ3n) is 3.89. The topological polar surface area (TPSA) is 63.9 Å². The summed E-state index contributed by atoms with van der Waals surface area (Å²) in [7, 11) is 0. The maximum absolute atomic E-state index is 5.88. The van der Waals surface area contributed by atoms with E-state index in [0.29, 0.717) is 13.2 Å². The van der Waals surface area contributed by atoms with Crippen molar-refractivity contribution >= 4 is 0 Å². The molecule has 23 heavy (non-hydrogen) atoms. The summed E-state index contributed by atoms with van der Waals surface area (Å²) in [6, 6.07) is 18.3. The van der Waals surface area contributed by atoms with Crippen molar-refractivity contribution in [3.8, 4) is 17.0 Å². The Morgan fingerprint density at radius 3 is 2.70 bits per heavy atom. The number of aryl methyl sites for hydroxylation is 1. The van der Waals surface area contributed by atoms with Gasteiger partial charge in [-0.25, -0.2) is 0 Å². The summed E-state index contributed by atoms with van der Waals surface area (Å²) in [5, 5.41) is 7.37. The largest absolute Gasteiger partial charge is 0.493 e. The Morgan fingerprint density at radius 1 is 1.09 bits per heavy atom. The van der Waals surface area contributed by atoms with Crippen molar-refractivity contribution in [2.24, 2.45) is 5.73 Å². The average Bonchev–Trinajstić information content (AvgIpc) is 2.97. The lowest BCUT2D eigenvalue weighted by molar-refractivity contribution is 0.322. The molecule has 0 spiro atoms. The van der Waals surface area contributed by atoms with Crippen molar-refractivity contribution in [3.05, 3.63) is 71.4 Å².